The summed E-state index contributed by atoms with van der Waals surface area (Å²) in [5, 5.41) is 0. The summed E-state index contributed by atoms with van der Waals surface area (Å²) in [4.78, 5) is 13.0. The number of ether oxygens (including phenoxy) is 1. The summed E-state index contributed by atoms with van der Waals surface area (Å²) in [6, 6.07) is 21.5. The van der Waals surface area contributed by atoms with Crippen LogP contribution in [0.25, 0.3) is 0 Å². The first-order chi connectivity index (χ1) is 14.8. The summed E-state index contributed by atoms with van der Waals surface area (Å²) >= 11 is 3.61. The fourth-order valence-corrected chi connectivity index (χ4v) is 5.80. The molecule has 0 N–H and O–H groups in total. The number of alkyl halides is 1. The lowest BCUT2D eigenvalue weighted by molar-refractivity contribution is 0.0906. The second-order valence-corrected chi connectivity index (χ2v) is 10.1. The van der Waals surface area contributed by atoms with Crippen molar-refractivity contribution in [2.24, 2.45) is 0 Å². The fraction of sp³-hybridized carbons (Fsp3) is 0.208. The summed E-state index contributed by atoms with van der Waals surface area (Å²) in [5.41, 5.74) is 2.06. The largest absolute Gasteiger partial charge is 0.496 e. The van der Waals surface area contributed by atoms with E-state index in [1.165, 1.54) is 7.05 Å². The monoisotopic (exact) mass is 501 g/mol. The molecular weight excluding hydrogens is 478 g/mol. The van der Waals surface area contributed by atoms with Gasteiger partial charge < -0.3 is 4.74 Å². The van der Waals surface area contributed by atoms with Crippen LogP contribution in [0, 0.1) is 6.92 Å². The van der Waals surface area contributed by atoms with E-state index in [0.29, 0.717) is 16.9 Å². The number of sulfonamides is 1. The molecule has 0 bridgehead atoms. The maximum absolute atomic E-state index is 13.6. The fourth-order valence-electron chi connectivity index (χ4n) is 3.35. The SMILES string of the molecule is COc1ccccc1[C@@H](Br)[C@H](C(=O)c1ccccc1)N(C)S(=O)(=O)c1ccc(C)cc1. The van der Waals surface area contributed by atoms with Crippen LogP contribution in [0.1, 0.15) is 26.3 Å². The standard InChI is InChI=1S/C24H24BrNO4S/c1-17-13-15-19(16-14-17)31(28,29)26(2)23(24(27)18-9-5-4-6-10-18)22(25)20-11-7-8-12-21(20)30-3/h4-16,22-23H,1-3H3/t22-,23-/m1/s1. The number of Topliss-reactive ketones (excluding diaryl/α,β-unsaturated/α-hetero) is 1. The van der Waals surface area contributed by atoms with Crippen molar-refractivity contribution in [2.45, 2.75) is 22.7 Å². The van der Waals surface area contributed by atoms with Crippen molar-refractivity contribution in [3.8, 4) is 5.75 Å². The molecule has 3 aromatic rings. The zero-order valence-corrected chi connectivity index (χ0v) is 19.9. The third-order valence-corrected chi connectivity index (χ3v) is 7.98. The van der Waals surface area contributed by atoms with Gasteiger partial charge in [-0.3, -0.25) is 4.79 Å². The van der Waals surface area contributed by atoms with E-state index >= 15 is 0 Å². The molecule has 162 valence electrons. The van der Waals surface area contributed by atoms with Gasteiger partial charge in [-0.2, -0.15) is 4.31 Å². The first kappa shape index (κ1) is 23.2. The summed E-state index contributed by atoms with van der Waals surface area (Å²) in [6.07, 6.45) is 0. The van der Waals surface area contributed by atoms with Gasteiger partial charge in [0.1, 0.15) is 11.8 Å². The molecule has 0 aromatic heterocycles. The highest BCUT2D eigenvalue weighted by molar-refractivity contribution is 9.09. The lowest BCUT2D eigenvalue weighted by Gasteiger charge is -2.31. The van der Waals surface area contributed by atoms with Gasteiger partial charge in [0.15, 0.2) is 5.78 Å². The number of hydrogen-bond donors (Lipinski definition) is 0. The lowest BCUT2D eigenvalue weighted by Crippen LogP contribution is -2.45. The molecular formula is C24H24BrNO4S. The molecule has 0 fully saturated rings. The number of para-hydroxylation sites is 1. The summed E-state index contributed by atoms with van der Waals surface area (Å²) < 4.78 is 33.5. The van der Waals surface area contributed by atoms with Gasteiger partial charge in [-0.05, 0) is 25.1 Å². The Hall–Kier alpha value is -2.48. The molecule has 0 saturated carbocycles. The normalized spacial score (nSPS) is 13.6. The molecule has 0 saturated heterocycles. The first-order valence-electron chi connectivity index (χ1n) is 9.68. The Balaban J connectivity index is 2.11. The lowest BCUT2D eigenvalue weighted by atomic mass is 9.97. The van der Waals surface area contributed by atoms with Crippen LogP contribution in [0.15, 0.2) is 83.8 Å². The van der Waals surface area contributed by atoms with Gasteiger partial charge in [0.2, 0.25) is 10.0 Å². The molecule has 0 aliphatic carbocycles. The van der Waals surface area contributed by atoms with Crippen LogP contribution in [-0.2, 0) is 10.0 Å². The molecule has 2 atom stereocenters. The quantitative estimate of drug-likeness (QED) is 0.321. The molecule has 31 heavy (non-hydrogen) atoms. The molecule has 0 aliphatic heterocycles. The minimum Gasteiger partial charge on any atom is -0.496 e. The predicted octanol–water partition coefficient (Wildman–Crippen LogP) is 5.01. The Morgan fingerprint density at radius 3 is 2.13 bits per heavy atom. The van der Waals surface area contributed by atoms with E-state index in [9.17, 15) is 13.2 Å². The van der Waals surface area contributed by atoms with Gasteiger partial charge in [0.25, 0.3) is 0 Å². The van der Waals surface area contributed by atoms with Gasteiger partial charge in [-0.25, -0.2) is 8.42 Å². The predicted molar refractivity (Wildman–Crippen MR) is 125 cm³/mol. The van der Waals surface area contributed by atoms with E-state index in [0.717, 1.165) is 9.87 Å². The summed E-state index contributed by atoms with van der Waals surface area (Å²) in [5.74, 6) is 0.253. The Morgan fingerprint density at radius 2 is 1.52 bits per heavy atom. The van der Waals surface area contributed by atoms with Gasteiger partial charge >= 0.3 is 0 Å². The Labute approximate surface area is 191 Å². The summed E-state index contributed by atoms with van der Waals surface area (Å²) in [7, 11) is -0.963. The van der Waals surface area contributed by atoms with Crippen molar-refractivity contribution in [3.63, 3.8) is 0 Å². The third-order valence-electron chi connectivity index (χ3n) is 5.13. The number of carbonyl (C=O) groups is 1. The number of nitrogens with zero attached hydrogens (tertiary/aromatic N) is 1. The van der Waals surface area contributed by atoms with E-state index in [2.05, 4.69) is 15.9 Å². The van der Waals surface area contributed by atoms with Crippen LogP contribution in [0.2, 0.25) is 0 Å². The van der Waals surface area contributed by atoms with Crippen molar-refractivity contribution < 1.29 is 17.9 Å². The molecule has 3 rings (SSSR count). The highest BCUT2D eigenvalue weighted by atomic mass is 79.9. The van der Waals surface area contributed by atoms with Crippen molar-refractivity contribution in [1.82, 2.24) is 4.31 Å². The van der Waals surface area contributed by atoms with E-state index in [4.69, 9.17) is 4.74 Å². The summed E-state index contributed by atoms with van der Waals surface area (Å²) in [6.45, 7) is 1.89. The third kappa shape index (κ3) is 4.89. The van der Waals surface area contributed by atoms with Crippen LogP contribution >= 0.6 is 15.9 Å². The van der Waals surface area contributed by atoms with Crippen molar-refractivity contribution >= 4 is 31.7 Å². The van der Waals surface area contributed by atoms with Crippen LogP contribution in [0.5, 0.6) is 5.75 Å². The highest BCUT2D eigenvalue weighted by Gasteiger charge is 2.39. The van der Waals surface area contributed by atoms with E-state index < -0.39 is 20.9 Å². The van der Waals surface area contributed by atoms with Crippen molar-refractivity contribution in [3.05, 3.63) is 95.6 Å². The average molecular weight is 502 g/mol. The minimum absolute atomic E-state index is 0.131. The van der Waals surface area contributed by atoms with Gasteiger partial charge in [-0.15, -0.1) is 0 Å². The molecule has 5 nitrogen and oxygen atoms in total. The Kier molecular flexibility index (Phi) is 7.30. The van der Waals surface area contributed by atoms with E-state index in [1.54, 1.807) is 61.7 Å². The zero-order valence-electron chi connectivity index (χ0n) is 17.5. The number of ketones is 1. The average Bonchev–Trinajstić information content (AvgIpc) is 2.79. The second kappa shape index (κ2) is 9.77. The number of hydrogen-bond acceptors (Lipinski definition) is 4. The number of aryl methyl sites for hydroxylation is 1. The number of likely N-dealkylation sites (N-methyl/N-ethyl adjacent to an activating group) is 1. The van der Waals surface area contributed by atoms with Crippen molar-refractivity contribution in [1.29, 1.82) is 0 Å². The van der Waals surface area contributed by atoms with Gasteiger partial charge in [-0.1, -0.05) is 82.2 Å². The Morgan fingerprint density at radius 1 is 0.935 bits per heavy atom. The number of benzene rings is 3. The number of rotatable bonds is 8. The van der Waals surface area contributed by atoms with Crippen LogP contribution in [0.4, 0.5) is 0 Å². The van der Waals surface area contributed by atoms with Crippen LogP contribution in [0.3, 0.4) is 0 Å². The first-order valence-corrected chi connectivity index (χ1v) is 12.0. The number of methoxy groups -OCH3 is 1. The topological polar surface area (TPSA) is 63.7 Å². The Bertz CT molecular complexity index is 1150. The molecule has 3 aromatic carbocycles. The van der Waals surface area contributed by atoms with E-state index in [1.807, 2.05) is 31.2 Å². The minimum atomic E-state index is -3.94. The molecule has 0 aliphatic rings. The maximum atomic E-state index is 13.6. The van der Waals surface area contributed by atoms with Gasteiger partial charge in [0.05, 0.1) is 16.8 Å². The molecule has 0 spiro atoms. The number of halogens is 1. The molecule has 7 heteroatoms. The maximum Gasteiger partial charge on any atom is 0.243 e. The van der Waals surface area contributed by atoms with Crippen LogP contribution in [-0.4, -0.2) is 38.7 Å². The smallest absolute Gasteiger partial charge is 0.243 e. The van der Waals surface area contributed by atoms with Gasteiger partial charge in [0, 0.05) is 18.2 Å². The second-order valence-electron chi connectivity index (χ2n) is 7.15. The number of carbonyl (C=O) groups excluding carboxylic acids is 1. The van der Waals surface area contributed by atoms with Crippen LogP contribution < -0.4 is 4.74 Å². The zero-order chi connectivity index (χ0) is 22.6. The molecule has 0 heterocycles. The molecule has 0 amide bonds. The van der Waals surface area contributed by atoms with Crippen molar-refractivity contribution in [2.75, 3.05) is 14.2 Å². The van der Waals surface area contributed by atoms with E-state index in [-0.39, 0.29) is 10.7 Å². The molecule has 0 unspecified atom stereocenters. The highest BCUT2D eigenvalue weighted by Crippen LogP contribution is 2.38. The molecule has 0 radical (unpaired) electrons.